The minimum atomic E-state index is -0.419. The van der Waals surface area contributed by atoms with E-state index in [1.54, 1.807) is 0 Å². The van der Waals surface area contributed by atoms with Gasteiger partial charge in [-0.15, -0.1) is 0 Å². The largest absolute Gasteiger partial charge is 0.342 e. The van der Waals surface area contributed by atoms with Crippen LogP contribution >= 0.6 is 0 Å². The average molecular weight is 455 g/mol. The van der Waals surface area contributed by atoms with Crippen molar-refractivity contribution < 1.29 is 14.3 Å². The number of ether oxygens (including phenoxy) is 2. The van der Waals surface area contributed by atoms with Gasteiger partial charge in [-0.25, -0.2) is 10.4 Å². The van der Waals surface area contributed by atoms with Gasteiger partial charge in [0.15, 0.2) is 6.29 Å². The molecular weight excluding hydrogens is 416 g/mol. The van der Waals surface area contributed by atoms with Crippen molar-refractivity contribution in [2.24, 2.45) is 10.4 Å². The fourth-order valence-electron chi connectivity index (χ4n) is 5.75. The van der Waals surface area contributed by atoms with Crippen LogP contribution in [0.4, 0.5) is 0 Å². The third-order valence-electron chi connectivity index (χ3n) is 8.71. The Hall–Kier alpha value is -1.96. The first kappa shape index (κ1) is 22.8. The van der Waals surface area contributed by atoms with Gasteiger partial charge in [-0.05, 0) is 84.3 Å². The minimum Gasteiger partial charge on any atom is -0.342 e. The van der Waals surface area contributed by atoms with Crippen LogP contribution in [0.15, 0.2) is 40.8 Å². The fraction of sp³-hybridized carbons (Fsp3) is 0.692. The van der Waals surface area contributed by atoms with E-state index in [1.807, 2.05) is 17.2 Å². The predicted octanol–water partition coefficient (Wildman–Crippen LogP) is 4.04. The van der Waals surface area contributed by atoms with Gasteiger partial charge < -0.3 is 14.4 Å². The second-order valence-corrected chi connectivity index (χ2v) is 11.1. The van der Waals surface area contributed by atoms with Crippen LogP contribution in [0.1, 0.15) is 73.6 Å². The Balaban J connectivity index is 1.38. The first-order valence-electron chi connectivity index (χ1n) is 12.5. The number of nitrogens with one attached hydrogen (secondary N) is 1. The third kappa shape index (κ3) is 3.60. The predicted molar refractivity (Wildman–Crippen MR) is 128 cm³/mol. The molecule has 2 unspecified atom stereocenters. The van der Waals surface area contributed by atoms with E-state index in [4.69, 9.17) is 14.5 Å². The van der Waals surface area contributed by atoms with E-state index in [-0.39, 0.29) is 23.4 Å². The number of amides is 1. The number of nitrogens with zero attached hydrogens (tertiary/aromatic N) is 3. The highest BCUT2D eigenvalue weighted by atomic mass is 16.7. The van der Waals surface area contributed by atoms with Crippen LogP contribution in [-0.4, -0.2) is 57.6 Å². The van der Waals surface area contributed by atoms with Gasteiger partial charge in [-0.2, -0.15) is 0 Å². The normalized spacial score (nSPS) is 32.1. The molecule has 2 fully saturated rings. The van der Waals surface area contributed by atoms with Crippen molar-refractivity contribution in [2.75, 3.05) is 6.54 Å². The molecule has 1 amide bonds. The maximum Gasteiger partial charge on any atom is 0.272 e. The van der Waals surface area contributed by atoms with E-state index in [9.17, 15) is 4.79 Å². The summed E-state index contributed by atoms with van der Waals surface area (Å²) in [4.78, 5) is 20.5. The number of piperidine rings is 1. The topological polar surface area (TPSA) is 66.4 Å². The zero-order valence-electron chi connectivity index (χ0n) is 20.9. The van der Waals surface area contributed by atoms with Gasteiger partial charge in [-0.1, -0.05) is 19.1 Å². The number of fused-ring (bicyclic) bond motifs is 1. The summed E-state index contributed by atoms with van der Waals surface area (Å²) in [5.41, 5.74) is 4.44. The lowest BCUT2D eigenvalue weighted by Gasteiger charge is -2.47. The second-order valence-electron chi connectivity index (χ2n) is 11.1. The number of rotatable bonds is 3. The molecule has 0 aromatic heterocycles. The molecular formula is C26H38N4O3. The standard InChI is InChI=1S/C26H38N4O3/c1-7-18-15-19(22(31)29-14-10-13-26(17(29)2)11-8-9-12-26)27-21-16-20(28-30(18)21)23-32-24(3,4)25(5,6)33-23/h8-9,15-17,20,23,28H,7,10-14H2,1-6H3. The van der Waals surface area contributed by atoms with Crippen LogP contribution < -0.4 is 5.43 Å². The Kier molecular flexibility index (Phi) is 5.38. The number of hydrogen-bond donors (Lipinski definition) is 1. The van der Waals surface area contributed by atoms with Gasteiger partial charge in [-0.3, -0.25) is 9.80 Å². The maximum atomic E-state index is 13.7. The maximum absolute atomic E-state index is 13.7. The van der Waals surface area contributed by atoms with E-state index < -0.39 is 17.5 Å². The molecule has 0 aromatic rings. The number of likely N-dealkylation sites (tertiary alicyclic amines) is 1. The minimum absolute atomic E-state index is 0.0408. The summed E-state index contributed by atoms with van der Waals surface area (Å²) < 4.78 is 12.5. The molecule has 1 N–H and O–H groups in total. The van der Waals surface area contributed by atoms with Gasteiger partial charge in [0.1, 0.15) is 11.5 Å². The van der Waals surface area contributed by atoms with Crippen molar-refractivity contribution in [2.45, 2.75) is 103 Å². The van der Waals surface area contributed by atoms with Crippen molar-refractivity contribution in [3.8, 4) is 0 Å². The number of aliphatic imine (C=N–C) groups is 1. The zero-order valence-corrected chi connectivity index (χ0v) is 20.9. The molecule has 0 saturated carbocycles. The molecule has 7 nitrogen and oxygen atoms in total. The van der Waals surface area contributed by atoms with Gasteiger partial charge in [0.25, 0.3) is 5.91 Å². The number of carbonyl (C=O) groups is 1. The molecule has 180 valence electrons. The molecule has 4 heterocycles. The first-order chi connectivity index (χ1) is 15.6. The second kappa shape index (κ2) is 7.79. The summed E-state index contributed by atoms with van der Waals surface area (Å²) in [5, 5.41) is 1.98. The van der Waals surface area contributed by atoms with Crippen molar-refractivity contribution in [3.63, 3.8) is 0 Å². The third-order valence-corrected chi connectivity index (χ3v) is 8.71. The monoisotopic (exact) mass is 454 g/mol. The summed E-state index contributed by atoms with van der Waals surface area (Å²) >= 11 is 0. The van der Waals surface area contributed by atoms with Gasteiger partial charge >= 0.3 is 0 Å². The number of hydrazine groups is 1. The van der Waals surface area contributed by atoms with E-state index in [0.717, 1.165) is 43.7 Å². The molecule has 7 heteroatoms. The van der Waals surface area contributed by atoms with Crippen LogP contribution in [0, 0.1) is 5.41 Å². The summed E-state index contributed by atoms with van der Waals surface area (Å²) in [6, 6.07) is 0.0390. The molecule has 5 aliphatic rings. The molecule has 33 heavy (non-hydrogen) atoms. The van der Waals surface area contributed by atoms with Gasteiger partial charge in [0, 0.05) is 18.3 Å². The molecule has 2 atom stereocenters. The van der Waals surface area contributed by atoms with Gasteiger partial charge in [0.05, 0.1) is 17.2 Å². The first-order valence-corrected chi connectivity index (χ1v) is 12.5. The molecule has 0 bridgehead atoms. The van der Waals surface area contributed by atoms with Crippen molar-refractivity contribution in [1.29, 1.82) is 0 Å². The highest BCUT2D eigenvalue weighted by Crippen LogP contribution is 2.46. The summed E-state index contributed by atoms with van der Waals surface area (Å²) in [6.07, 6.45) is 13.3. The van der Waals surface area contributed by atoms with Crippen molar-refractivity contribution >= 4 is 11.6 Å². The molecule has 1 spiro atoms. The summed E-state index contributed by atoms with van der Waals surface area (Å²) in [5.74, 6) is 0.790. The quantitative estimate of drug-likeness (QED) is 0.652. The van der Waals surface area contributed by atoms with Crippen molar-refractivity contribution in [3.05, 3.63) is 35.8 Å². The lowest BCUT2D eigenvalue weighted by Crippen LogP contribution is -2.54. The van der Waals surface area contributed by atoms with Crippen LogP contribution in [0.3, 0.4) is 0 Å². The fourth-order valence-corrected chi connectivity index (χ4v) is 5.75. The van der Waals surface area contributed by atoms with Gasteiger partial charge in [0.2, 0.25) is 0 Å². The Morgan fingerprint density at radius 3 is 2.48 bits per heavy atom. The highest BCUT2D eigenvalue weighted by Gasteiger charge is 2.52. The molecule has 0 aromatic carbocycles. The average Bonchev–Trinajstić information content (AvgIpc) is 3.46. The number of allylic oxidation sites excluding steroid dienone is 3. The molecule has 2 saturated heterocycles. The lowest BCUT2D eigenvalue weighted by molar-refractivity contribution is -0.131. The van der Waals surface area contributed by atoms with Crippen LogP contribution in [-0.2, 0) is 14.3 Å². The lowest BCUT2D eigenvalue weighted by atomic mass is 9.71. The van der Waals surface area contributed by atoms with Crippen LogP contribution in [0.2, 0.25) is 0 Å². The molecule has 5 rings (SSSR count). The summed E-state index contributed by atoms with van der Waals surface area (Å²) in [6.45, 7) is 13.3. The van der Waals surface area contributed by atoms with E-state index in [1.165, 1.54) is 6.42 Å². The zero-order chi connectivity index (χ0) is 23.6. The Morgan fingerprint density at radius 1 is 1.18 bits per heavy atom. The van der Waals surface area contributed by atoms with Crippen LogP contribution in [0.25, 0.3) is 0 Å². The SMILES string of the molecule is CCC1=CC(C(=O)N2CCCC3(CC=CC3)C2C)=NC2=CC(C3OC(C)(C)C(C)(C)O3)NN12. The Morgan fingerprint density at radius 2 is 1.85 bits per heavy atom. The molecule has 0 radical (unpaired) electrons. The smallest absolute Gasteiger partial charge is 0.272 e. The van der Waals surface area contributed by atoms with E-state index in [2.05, 4.69) is 64.0 Å². The highest BCUT2D eigenvalue weighted by molar-refractivity contribution is 6.43. The molecule has 1 aliphatic carbocycles. The van der Waals surface area contributed by atoms with E-state index >= 15 is 0 Å². The Labute approximate surface area is 197 Å². The Bertz CT molecular complexity index is 937. The van der Waals surface area contributed by atoms with Crippen molar-refractivity contribution in [1.82, 2.24) is 15.3 Å². The number of hydrogen-bond acceptors (Lipinski definition) is 6. The van der Waals surface area contributed by atoms with Crippen LogP contribution in [0.5, 0.6) is 0 Å². The summed E-state index contributed by atoms with van der Waals surface area (Å²) in [7, 11) is 0. The number of carbonyl (C=O) groups excluding carboxylic acids is 1. The molecule has 4 aliphatic heterocycles. The van der Waals surface area contributed by atoms with E-state index in [0.29, 0.717) is 5.71 Å².